The van der Waals surface area contributed by atoms with Crippen LogP contribution in [0.25, 0.3) is 10.2 Å². The molecule has 3 heterocycles. The van der Waals surface area contributed by atoms with Gasteiger partial charge in [0.15, 0.2) is 5.16 Å². The molecule has 0 radical (unpaired) electrons. The Morgan fingerprint density at radius 3 is 2.96 bits per heavy atom. The van der Waals surface area contributed by atoms with Gasteiger partial charge in [-0.05, 0) is 31.6 Å². The molecule has 0 saturated carbocycles. The predicted molar refractivity (Wildman–Crippen MR) is 96.6 cm³/mol. The first-order valence-electron chi connectivity index (χ1n) is 7.98. The number of rotatable bonds is 6. The normalized spacial score (nSPS) is 16.5. The first-order valence-corrected chi connectivity index (χ1v) is 9.78. The largest absolute Gasteiger partial charge is 0.396 e. The molecule has 1 aliphatic heterocycles. The van der Waals surface area contributed by atoms with Crippen LogP contribution < -0.4 is 5.32 Å². The quantitative estimate of drug-likeness (QED) is 0.471. The maximum atomic E-state index is 9.03. The van der Waals surface area contributed by atoms with E-state index in [1.165, 1.54) is 10.4 Å². The van der Waals surface area contributed by atoms with Gasteiger partial charge in [0, 0.05) is 24.4 Å². The SMILES string of the molecule is CCSc1nc(NCCCO)c2c3c(sc2n1)COC(C)(C)C3. The van der Waals surface area contributed by atoms with Gasteiger partial charge in [-0.1, -0.05) is 18.7 Å². The Labute approximate surface area is 144 Å². The van der Waals surface area contributed by atoms with Crippen LogP contribution >= 0.6 is 23.1 Å². The minimum atomic E-state index is -0.153. The van der Waals surface area contributed by atoms with Crippen LogP contribution in [0.5, 0.6) is 0 Å². The molecule has 0 atom stereocenters. The van der Waals surface area contributed by atoms with E-state index in [0.29, 0.717) is 19.6 Å². The van der Waals surface area contributed by atoms with E-state index in [2.05, 4.69) is 26.1 Å². The molecule has 0 amide bonds. The molecule has 0 unspecified atom stereocenters. The van der Waals surface area contributed by atoms with E-state index >= 15 is 0 Å². The molecule has 0 spiro atoms. The summed E-state index contributed by atoms with van der Waals surface area (Å²) < 4.78 is 5.94. The summed E-state index contributed by atoms with van der Waals surface area (Å²) in [5, 5.41) is 14.4. The molecule has 3 rings (SSSR count). The Kier molecular flexibility index (Phi) is 5.10. The lowest BCUT2D eigenvalue weighted by molar-refractivity contribution is -0.0379. The summed E-state index contributed by atoms with van der Waals surface area (Å²) in [6, 6.07) is 0. The molecule has 126 valence electrons. The highest BCUT2D eigenvalue weighted by Gasteiger charge is 2.31. The number of hydrogen-bond acceptors (Lipinski definition) is 7. The average Bonchev–Trinajstić information content (AvgIpc) is 2.84. The van der Waals surface area contributed by atoms with Gasteiger partial charge in [0.1, 0.15) is 10.6 Å². The zero-order valence-corrected chi connectivity index (χ0v) is 15.4. The molecular formula is C16H23N3O2S2. The van der Waals surface area contributed by atoms with Crippen molar-refractivity contribution in [2.45, 2.75) is 51.0 Å². The molecule has 2 N–H and O–H groups in total. The van der Waals surface area contributed by atoms with E-state index in [1.54, 1.807) is 23.1 Å². The Hall–Kier alpha value is -0.890. The minimum absolute atomic E-state index is 0.153. The maximum absolute atomic E-state index is 9.03. The second kappa shape index (κ2) is 6.93. The highest BCUT2D eigenvalue weighted by molar-refractivity contribution is 7.99. The van der Waals surface area contributed by atoms with Crippen LogP contribution in [0.3, 0.4) is 0 Å². The molecule has 0 bridgehead atoms. The summed E-state index contributed by atoms with van der Waals surface area (Å²) in [4.78, 5) is 11.7. The fraction of sp³-hybridized carbons (Fsp3) is 0.625. The molecule has 2 aromatic rings. The Balaban J connectivity index is 2.06. The lowest BCUT2D eigenvalue weighted by Gasteiger charge is -2.30. The highest BCUT2D eigenvalue weighted by atomic mass is 32.2. The molecule has 23 heavy (non-hydrogen) atoms. The van der Waals surface area contributed by atoms with Crippen molar-refractivity contribution in [3.63, 3.8) is 0 Å². The zero-order valence-electron chi connectivity index (χ0n) is 13.8. The average molecular weight is 354 g/mol. The number of thiophene rings is 1. The van der Waals surface area contributed by atoms with E-state index in [1.807, 2.05) is 0 Å². The highest BCUT2D eigenvalue weighted by Crippen LogP contribution is 2.41. The lowest BCUT2D eigenvalue weighted by Crippen LogP contribution is -2.31. The van der Waals surface area contributed by atoms with Crippen molar-refractivity contribution in [2.75, 3.05) is 24.2 Å². The Morgan fingerprint density at radius 1 is 1.39 bits per heavy atom. The molecule has 7 heteroatoms. The topological polar surface area (TPSA) is 67.3 Å². The number of aliphatic hydroxyl groups excluding tert-OH is 1. The molecular weight excluding hydrogens is 330 g/mol. The van der Waals surface area contributed by atoms with Crippen LogP contribution in [0, 0.1) is 0 Å². The lowest BCUT2D eigenvalue weighted by atomic mass is 9.94. The first-order chi connectivity index (χ1) is 11.0. The van der Waals surface area contributed by atoms with Crippen molar-refractivity contribution in [2.24, 2.45) is 0 Å². The van der Waals surface area contributed by atoms with Crippen molar-refractivity contribution in [1.82, 2.24) is 9.97 Å². The maximum Gasteiger partial charge on any atom is 0.190 e. The minimum Gasteiger partial charge on any atom is -0.396 e. The molecule has 0 fully saturated rings. The molecule has 0 saturated heterocycles. The van der Waals surface area contributed by atoms with Gasteiger partial charge in [0.05, 0.1) is 17.6 Å². The van der Waals surface area contributed by atoms with Crippen molar-refractivity contribution >= 4 is 39.1 Å². The number of aliphatic hydroxyl groups is 1. The fourth-order valence-corrected chi connectivity index (χ4v) is 4.46. The van der Waals surface area contributed by atoms with Crippen LogP contribution in [-0.2, 0) is 17.8 Å². The van der Waals surface area contributed by atoms with Gasteiger partial charge in [-0.25, -0.2) is 9.97 Å². The predicted octanol–water partition coefficient (Wildman–Crippen LogP) is 3.45. The van der Waals surface area contributed by atoms with Crippen LogP contribution in [0.2, 0.25) is 0 Å². The van der Waals surface area contributed by atoms with Gasteiger partial charge in [-0.3, -0.25) is 0 Å². The summed E-state index contributed by atoms with van der Waals surface area (Å²) in [5.74, 6) is 1.85. The second-order valence-electron chi connectivity index (χ2n) is 6.20. The number of ether oxygens (including phenoxy) is 1. The first kappa shape index (κ1) is 17.0. The van der Waals surface area contributed by atoms with Crippen molar-refractivity contribution in [1.29, 1.82) is 0 Å². The van der Waals surface area contributed by atoms with Crippen LogP contribution in [0.1, 0.15) is 37.6 Å². The number of thioether (sulfide) groups is 1. The van der Waals surface area contributed by atoms with Gasteiger partial charge < -0.3 is 15.2 Å². The van der Waals surface area contributed by atoms with Crippen LogP contribution in [-0.4, -0.2) is 39.6 Å². The number of fused-ring (bicyclic) bond motifs is 3. The van der Waals surface area contributed by atoms with E-state index in [0.717, 1.165) is 33.4 Å². The molecule has 5 nitrogen and oxygen atoms in total. The third-order valence-electron chi connectivity index (χ3n) is 3.81. The van der Waals surface area contributed by atoms with Crippen molar-refractivity contribution in [3.05, 3.63) is 10.4 Å². The number of hydrogen-bond donors (Lipinski definition) is 2. The zero-order chi connectivity index (χ0) is 16.4. The summed E-state index contributed by atoms with van der Waals surface area (Å²) in [6.07, 6.45) is 1.59. The Morgan fingerprint density at radius 2 is 2.22 bits per heavy atom. The van der Waals surface area contributed by atoms with Gasteiger partial charge >= 0.3 is 0 Å². The second-order valence-corrected chi connectivity index (χ2v) is 8.52. The summed E-state index contributed by atoms with van der Waals surface area (Å²) in [6.45, 7) is 7.90. The van der Waals surface area contributed by atoms with E-state index in [4.69, 9.17) is 19.8 Å². The molecule has 1 aliphatic rings. The van der Waals surface area contributed by atoms with Gasteiger partial charge in [0.25, 0.3) is 0 Å². The third-order valence-corrected chi connectivity index (χ3v) is 5.64. The number of aromatic nitrogens is 2. The smallest absolute Gasteiger partial charge is 0.190 e. The molecule has 0 aliphatic carbocycles. The molecule has 2 aromatic heterocycles. The van der Waals surface area contributed by atoms with Crippen LogP contribution in [0.15, 0.2) is 5.16 Å². The van der Waals surface area contributed by atoms with Gasteiger partial charge in [-0.2, -0.15) is 0 Å². The standard InChI is InChI=1S/C16H23N3O2S2/c1-4-22-15-18-13(17-6-5-7-20)12-10-8-16(2,3)21-9-11(10)23-14(12)19-15/h20H,4-9H2,1-3H3,(H,17,18,19). The van der Waals surface area contributed by atoms with Gasteiger partial charge in [-0.15, -0.1) is 11.3 Å². The van der Waals surface area contributed by atoms with Gasteiger partial charge in [0.2, 0.25) is 0 Å². The fourth-order valence-electron chi connectivity index (χ4n) is 2.73. The number of anilines is 1. The van der Waals surface area contributed by atoms with Crippen molar-refractivity contribution < 1.29 is 9.84 Å². The van der Waals surface area contributed by atoms with E-state index in [-0.39, 0.29) is 12.2 Å². The number of nitrogens with zero attached hydrogens (tertiary/aromatic N) is 2. The summed E-state index contributed by atoms with van der Waals surface area (Å²) in [5.41, 5.74) is 1.17. The Bertz CT molecular complexity index is 700. The number of nitrogens with one attached hydrogen (secondary N) is 1. The van der Waals surface area contributed by atoms with E-state index < -0.39 is 0 Å². The summed E-state index contributed by atoms with van der Waals surface area (Å²) in [7, 11) is 0. The van der Waals surface area contributed by atoms with E-state index in [9.17, 15) is 0 Å². The van der Waals surface area contributed by atoms with Crippen LogP contribution in [0.4, 0.5) is 5.82 Å². The molecule has 0 aromatic carbocycles. The monoisotopic (exact) mass is 353 g/mol. The van der Waals surface area contributed by atoms with Crippen molar-refractivity contribution in [3.8, 4) is 0 Å². The summed E-state index contributed by atoms with van der Waals surface area (Å²) >= 11 is 3.37. The third kappa shape index (κ3) is 3.63.